The first-order valence-electron chi connectivity index (χ1n) is 5.18. The van der Waals surface area contributed by atoms with Gasteiger partial charge in [0.1, 0.15) is 5.69 Å². The molecule has 1 heterocycles. The van der Waals surface area contributed by atoms with Crippen molar-refractivity contribution in [3.05, 3.63) is 11.4 Å². The van der Waals surface area contributed by atoms with Crippen molar-refractivity contribution in [1.82, 2.24) is 15.0 Å². The summed E-state index contributed by atoms with van der Waals surface area (Å²) in [6.07, 6.45) is -5.07. The number of hydrogen-bond acceptors (Lipinski definition) is 4. The van der Waals surface area contributed by atoms with E-state index in [0.29, 0.717) is 4.68 Å². The number of aromatic nitrogens is 3. The van der Waals surface area contributed by atoms with E-state index in [2.05, 4.69) is 10.3 Å². The average molecular weight is 262 g/mol. The highest BCUT2D eigenvalue weighted by molar-refractivity contribution is 5.17. The van der Waals surface area contributed by atoms with Crippen LogP contribution >= 0.6 is 0 Å². The standard InChI is InChI=1S/C10H13F3N4O/c1-9(2,6-18)5-17-8(10(11,12)13)7(3-4-14)15-16-17/h18H,3,5-6H2,1-2H3. The van der Waals surface area contributed by atoms with Crippen LogP contribution in [0.1, 0.15) is 25.2 Å². The lowest BCUT2D eigenvalue weighted by molar-refractivity contribution is -0.145. The van der Waals surface area contributed by atoms with Crippen molar-refractivity contribution in [3.8, 4) is 6.07 Å². The lowest BCUT2D eigenvalue weighted by Crippen LogP contribution is -2.27. The van der Waals surface area contributed by atoms with Gasteiger partial charge in [0.2, 0.25) is 0 Å². The van der Waals surface area contributed by atoms with Crippen LogP contribution in [0, 0.1) is 16.7 Å². The van der Waals surface area contributed by atoms with E-state index in [4.69, 9.17) is 10.4 Å². The van der Waals surface area contributed by atoms with Gasteiger partial charge in [-0.2, -0.15) is 18.4 Å². The molecule has 8 heteroatoms. The van der Waals surface area contributed by atoms with Crippen molar-refractivity contribution in [1.29, 1.82) is 5.26 Å². The van der Waals surface area contributed by atoms with Gasteiger partial charge in [-0.15, -0.1) is 5.10 Å². The minimum atomic E-state index is -4.62. The van der Waals surface area contributed by atoms with Crippen LogP contribution in [0.4, 0.5) is 13.2 Å². The molecule has 0 atom stereocenters. The normalized spacial score (nSPS) is 12.5. The van der Waals surface area contributed by atoms with Crippen LogP contribution in [-0.2, 0) is 19.1 Å². The van der Waals surface area contributed by atoms with E-state index >= 15 is 0 Å². The predicted molar refractivity (Wildman–Crippen MR) is 55.2 cm³/mol. The number of rotatable bonds is 4. The molecule has 1 N–H and O–H groups in total. The second kappa shape index (κ2) is 4.94. The first-order chi connectivity index (χ1) is 8.21. The SMILES string of the molecule is CC(C)(CO)Cn1nnc(CC#N)c1C(F)(F)F. The average Bonchev–Trinajstić information content (AvgIpc) is 2.60. The van der Waals surface area contributed by atoms with E-state index in [1.54, 1.807) is 19.9 Å². The minimum Gasteiger partial charge on any atom is -0.396 e. The topological polar surface area (TPSA) is 74.7 Å². The number of aliphatic hydroxyl groups is 1. The third-order valence-corrected chi connectivity index (χ3v) is 2.33. The lowest BCUT2D eigenvalue weighted by atomic mass is 9.95. The Morgan fingerprint density at radius 1 is 1.39 bits per heavy atom. The Balaban J connectivity index is 3.18. The van der Waals surface area contributed by atoms with E-state index in [-0.39, 0.29) is 13.2 Å². The monoisotopic (exact) mass is 262 g/mol. The maximum Gasteiger partial charge on any atom is 0.434 e. The van der Waals surface area contributed by atoms with Gasteiger partial charge >= 0.3 is 6.18 Å². The summed E-state index contributed by atoms with van der Waals surface area (Å²) in [5.41, 5.74) is -2.17. The second-order valence-corrected chi connectivity index (χ2v) is 4.70. The van der Waals surface area contributed by atoms with Crippen molar-refractivity contribution in [3.63, 3.8) is 0 Å². The van der Waals surface area contributed by atoms with Gasteiger partial charge in [-0.1, -0.05) is 19.1 Å². The zero-order valence-corrected chi connectivity index (χ0v) is 9.99. The number of halogens is 3. The highest BCUT2D eigenvalue weighted by Gasteiger charge is 2.40. The highest BCUT2D eigenvalue weighted by atomic mass is 19.4. The van der Waals surface area contributed by atoms with Gasteiger partial charge in [0.15, 0.2) is 5.69 Å². The van der Waals surface area contributed by atoms with E-state index in [1.165, 1.54) is 0 Å². The van der Waals surface area contributed by atoms with E-state index < -0.39 is 29.4 Å². The molecule has 0 bridgehead atoms. The van der Waals surface area contributed by atoms with Gasteiger partial charge in [-0.25, -0.2) is 4.68 Å². The molecule has 0 unspecified atom stereocenters. The Hall–Kier alpha value is -1.62. The molecule has 0 aliphatic rings. The summed E-state index contributed by atoms with van der Waals surface area (Å²) in [4.78, 5) is 0. The van der Waals surface area contributed by atoms with Crippen LogP contribution in [0.25, 0.3) is 0 Å². The predicted octanol–water partition coefficient (Wildman–Crippen LogP) is 1.38. The molecule has 0 fully saturated rings. The van der Waals surface area contributed by atoms with Crippen molar-refractivity contribution in [2.45, 2.75) is 33.0 Å². The molecular weight excluding hydrogens is 249 g/mol. The summed E-state index contributed by atoms with van der Waals surface area (Å²) in [6.45, 7) is 2.81. The van der Waals surface area contributed by atoms with Crippen LogP contribution in [0.2, 0.25) is 0 Å². The van der Waals surface area contributed by atoms with Crippen molar-refractivity contribution in [2.75, 3.05) is 6.61 Å². The minimum absolute atomic E-state index is 0.128. The molecular formula is C10H13F3N4O. The Bertz CT molecular complexity index is 459. The molecule has 5 nitrogen and oxygen atoms in total. The molecule has 0 spiro atoms. The first-order valence-corrected chi connectivity index (χ1v) is 5.18. The van der Waals surface area contributed by atoms with Gasteiger partial charge in [-0.05, 0) is 0 Å². The van der Waals surface area contributed by atoms with Crippen LogP contribution < -0.4 is 0 Å². The zero-order chi connectivity index (χ0) is 14.0. The smallest absolute Gasteiger partial charge is 0.396 e. The summed E-state index contributed by atoms with van der Waals surface area (Å²) in [7, 11) is 0. The summed E-state index contributed by atoms with van der Waals surface area (Å²) >= 11 is 0. The van der Waals surface area contributed by atoms with Gasteiger partial charge in [-0.3, -0.25) is 0 Å². The van der Waals surface area contributed by atoms with E-state index in [9.17, 15) is 13.2 Å². The summed E-state index contributed by atoms with van der Waals surface area (Å²) < 4.78 is 39.3. The van der Waals surface area contributed by atoms with Crippen LogP contribution in [-0.4, -0.2) is 26.7 Å². The van der Waals surface area contributed by atoms with Crippen molar-refractivity contribution < 1.29 is 18.3 Å². The molecule has 0 aliphatic carbocycles. The fourth-order valence-corrected chi connectivity index (χ4v) is 1.42. The molecule has 1 rings (SSSR count). The number of nitriles is 1. The lowest BCUT2D eigenvalue weighted by Gasteiger charge is -2.22. The molecule has 0 saturated carbocycles. The number of aliphatic hydroxyl groups excluding tert-OH is 1. The summed E-state index contributed by atoms with van der Waals surface area (Å²) in [5.74, 6) is 0. The number of hydrogen-bond donors (Lipinski definition) is 1. The van der Waals surface area contributed by atoms with Gasteiger partial charge in [0.25, 0.3) is 0 Å². The first kappa shape index (κ1) is 14.4. The van der Waals surface area contributed by atoms with Gasteiger partial charge in [0, 0.05) is 12.0 Å². The third kappa shape index (κ3) is 3.20. The molecule has 1 aromatic rings. The van der Waals surface area contributed by atoms with Crippen LogP contribution in [0.15, 0.2) is 0 Å². The summed E-state index contributed by atoms with van der Waals surface area (Å²) in [5, 5.41) is 24.3. The molecule has 18 heavy (non-hydrogen) atoms. The Morgan fingerprint density at radius 3 is 2.44 bits per heavy atom. The molecule has 0 radical (unpaired) electrons. The molecule has 1 aromatic heterocycles. The van der Waals surface area contributed by atoms with Crippen molar-refractivity contribution >= 4 is 0 Å². The van der Waals surface area contributed by atoms with Crippen molar-refractivity contribution in [2.24, 2.45) is 5.41 Å². The molecule has 0 aliphatic heterocycles. The Morgan fingerprint density at radius 2 is 2.00 bits per heavy atom. The Labute approximate surface area is 102 Å². The van der Waals surface area contributed by atoms with Crippen LogP contribution in [0.5, 0.6) is 0 Å². The Kier molecular flexibility index (Phi) is 3.96. The molecule has 0 aromatic carbocycles. The largest absolute Gasteiger partial charge is 0.434 e. The van der Waals surface area contributed by atoms with E-state index in [1.807, 2.05) is 0 Å². The zero-order valence-electron chi connectivity index (χ0n) is 9.99. The van der Waals surface area contributed by atoms with Crippen LogP contribution in [0.3, 0.4) is 0 Å². The molecule has 0 amide bonds. The number of nitrogens with zero attached hydrogens (tertiary/aromatic N) is 4. The molecule has 100 valence electrons. The van der Waals surface area contributed by atoms with E-state index in [0.717, 1.165) is 0 Å². The maximum atomic E-state index is 12.9. The fourth-order valence-electron chi connectivity index (χ4n) is 1.42. The van der Waals surface area contributed by atoms with Gasteiger partial charge in [0.05, 0.1) is 19.0 Å². The third-order valence-electron chi connectivity index (χ3n) is 2.33. The molecule has 0 saturated heterocycles. The quantitative estimate of drug-likeness (QED) is 0.889. The van der Waals surface area contributed by atoms with Gasteiger partial charge < -0.3 is 5.11 Å². The summed E-state index contributed by atoms with van der Waals surface area (Å²) in [6, 6.07) is 1.62. The maximum absolute atomic E-state index is 12.9. The fraction of sp³-hybridized carbons (Fsp3) is 0.700. The second-order valence-electron chi connectivity index (χ2n) is 4.70. The number of alkyl halides is 3. The highest BCUT2D eigenvalue weighted by Crippen LogP contribution is 2.32.